The predicted molar refractivity (Wildman–Crippen MR) is 99.8 cm³/mol. The Morgan fingerprint density at radius 2 is 2.11 bits per heavy atom. The standard InChI is InChI=1S/C18H14ClF2N3O3S/c19-10-7-12-17(22-8-10)28-14(23-12)9-27-13-2-1-11(20)15(16(13)21)18(25)24-3-5-26-6-4-24/h1-2,7-8H,3-6,9H2. The van der Waals surface area contributed by atoms with Gasteiger partial charge in [-0.1, -0.05) is 22.9 Å². The molecule has 3 aromatic rings. The molecule has 10 heteroatoms. The van der Waals surface area contributed by atoms with Crippen molar-refractivity contribution in [2.75, 3.05) is 26.3 Å². The van der Waals surface area contributed by atoms with Gasteiger partial charge in [-0.15, -0.1) is 0 Å². The minimum atomic E-state index is -1.03. The van der Waals surface area contributed by atoms with Crippen molar-refractivity contribution in [3.05, 3.63) is 51.6 Å². The molecular weight excluding hydrogens is 412 g/mol. The molecule has 1 aliphatic heterocycles. The number of carbonyl (C=O) groups excluding carboxylic acids is 1. The lowest BCUT2D eigenvalue weighted by molar-refractivity contribution is 0.0296. The van der Waals surface area contributed by atoms with Crippen LogP contribution >= 0.6 is 22.9 Å². The van der Waals surface area contributed by atoms with Crippen LogP contribution in [0.3, 0.4) is 0 Å². The maximum Gasteiger partial charge on any atom is 0.260 e. The van der Waals surface area contributed by atoms with Crippen LogP contribution in [-0.2, 0) is 11.3 Å². The fourth-order valence-electron chi connectivity index (χ4n) is 2.81. The molecule has 3 heterocycles. The van der Waals surface area contributed by atoms with Gasteiger partial charge >= 0.3 is 0 Å². The van der Waals surface area contributed by atoms with Gasteiger partial charge in [-0.3, -0.25) is 4.79 Å². The second-order valence-electron chi connectivity index (χ2n) is 6.01. The number of benzene rings is 1. The molecule has 0 N–H and O–H groups in total. The molecule has 146 valence electrons. The summed E-state index contributed by atoms with van der Waals surface area (Å²) in [5, 5.41) is 1.01. The number of amides is 1. The first kappa shape index (κ1) is 19.0. The molecule has 1 aromatic carbocycles. The summed E-state index contributed by atoms with van der Waals surface area (Å²) in [5.41, 5.74) is -0.0176. The molecule has 0 radical (unpaired) electrons. The Kier molecular flexibility index (Phi) is 5.38. The van der Waals surface area contributed by atoms with E-state index in [9.17, 15) is 13.6 Å². The monoisotopic (exact) mass is 425 g/mol. The number of rotatable bonds is 4. The zero-order valence-corrected chi connectivity index (χ0v) is 16.0. The fourth-order valence-corrected chi connectivity index (χ4v) is 3.76. The Morgan fingerprint density at radius 3 is 2.89 bits per heavy atom. The molecule has 0 saturated carbocycles. The third kappa shape index (κ3) is 3.78. The Bertz CT molecular complexity index is 1040. The van der Waals surface area contributed by atoms with Crippen molar-refractivity contribution in [2.24, 2.45) is 0 Å². The van der Waals surface area contributed by atoms with Crippen LogP contribution in [0.1, 0.15) is 15.4 Å². The normalized spacial score (nSPS) is 14.5. The lowest BCUT2D eigenvalue weighted by Gasteiger charge is -2.27. The molecule has 0 spiro atoms. The molecule has 1 aliphatic rings. The van der Waals surface area contributed by atoms with Crippen molar-refractivity contribution in [2.45, 2.75) is 6.61 Å². The van der Waals surface area contributed by atoms with Gasteiger partial charge in [-0.05, 0) is 18.2 Å². The molecule has 0 atom stereocenters. The molecule has 6 nitrogen and oxygen atoms in total. The lowest BCUT2D eigenvalue weighted by Crippen LogP contribution is -2.41. The Morgan fingerprint density at radius 1 is 1.32 bits per heavy atom. The first-order valence-electron chi connectivity index (χ1n) is 8.41. The number of halogens is 3. The minimum Gasteiger partial charge on any atom is -0.483 e. The molecule has 0 bridgehead atoms. The molecule has 1 amide bonds. The highest BCUT2D eigenvalue weighted by Gasteiger charge is 2.27. The Balaban J connectivity index is 1.55. The summed E-state index contributed by atoms with van der Waals surface area (Å²) in [5.74, 6) is -2.90. The first-order valence-corrected chi connectivity index (χ1v) is 9.61. The fraction of sp³-hybridized carbons (Fsp3) is 0.278. The Hall–Kier alpha value is -2.36. The molecule has 4 rings (SSSR count). The molecule has 1 fully saturated rings. The van der Waals surface area contributed by atoms with Crippen LogP contribution in [0.25, 0.3) is 10.3 Å². The van der Waals surface area contributed by atoms with Crippen LogP contribution < -0.4 is 4.74 Å². The predicted octanol–water partition coefficient (Wildman–Crippen LogP) is 3.67. The number of ether oxygens (including phenoxy) is 2. The van der Waals surface area contributed by atoms with Crippen molar-refractivity contribution in [3.63, 3.8) is 0 Å². The number of aromatic nitrogens is 2. The zero-order chi connectivity index (χ0) is 19.7. The van der Waals surface area contributed by atoms with Gasteiger partial charge in [-0.25, -0.2) is 18.7 Å². The number of hydrogen-bond donors (Lipinski definition) is 0. The zero-order valence-electron chi connectivity index (χ0n) is 14.5. The summed E-state index contributed by atoms with van der Waals surface area (Å²) in [4.78, 5) is 23.0. The van der Waals surface area contributed by atoms with Crippen molar-refractivity contribution in [1.82, 2.24) is 14.9 Å². The highest BCUT2D eigenvalue weighted by molar-refractivity contribution is 7.18. The van der Waals surface area contributed by atoms with Crippen LogP contribution in [-0.4, -0.2) is 47.1 Å². The van der Waals surface area contributed by atoms with Crippen molar-refractivity contribution in [3.8, 4) is 5.75 Å². The van der Waals surface area contributed by atoms with E-state index < -0.39 is 23.1 Å². The number of fused-ring (bicyclic) bond motifs is 1. The number of morpholine rings is 1. The van der Waals surface area contributed by atoms with Crippen molar-refractivity contribution < 1.29 is 23.0 Å². The van der Waals surface area contributed by atoms with Gasteiger partial charge < -0.3 is 14.4 Å². The van der Waals surface area contributed by atoms with E-state index in [0.717, 1.165) is 12.1 Å². The molecular formula is C18H14ClF2N3O3S. The SMILES string of the molecule is O=C(c1c(F)ccc(OCc2nc3cc(Cl)cnc3s2)c1F)N1CCOCC1. The summed E-state index contributed by atoms with van der Waals surface area (Å²) < 4.78 is 39.6. The van der Waals surface area contributed by atoms with Crippen LogP contribution in [0.4, 0.5) is 8.78 Å². The van der Waals surface area contributed by atoms with E-state index in [1.165, 1.54) is 22.4 Å². The number of thiazole rings is 1. The van der Waals surface area contributed by atoms with Gasteiger partial charge in [-0.2, -0.15) is 0 Å². The van der Waals surface area contributed by atoms with E-state index in [1.54, 1.807) is 6.07 Å². The quantitative estimate of drug-likeness (QED) is 0.638. The highest BCUT2D eigenvalue weighted by Crippen LogP contribution is 2.27. The van der Waals surface area contributed by atoms with E-state index in [-0.39, 0.29) is 25.4 Å². The maximum atomic E-state index is 14.8. The lowest BCUT2D eigenvalue weighted by atomic mass is 10.1. The van der Waals surface area contributed by atoms with Gasteiger partial charge in [0.2, 0.25) is 0 Å². The van der Waals surface area contributed by atoms with Crippen molar-refractivity contribution in [1.29, 1.82) is 0 Å². The molecule has 1 saturated heterocycles. The second-order valence-corrected chi connectivity index (χ2v) is 7.51. The van der Waals surface area contributed by atoms with Gasteiger partial charge in [0.1, 0.15) is 33.3 Å². The van der Waals surface area contributed by atoms with E-state index in [1.807, 2.05) is 0 Å². The van der Waals surface area contributed by atoms with E-state index in [0.29, 0.717) is 33.6 Å². The van der Waals surface area contributed by atoms with E-state index in [2.05, 4.69) is 9.97 Å². The van der Waals surface area contributed by atoms with Gasteiger partial charge in [0, 0.05) is 19.3 Å². The van der Waals surface area contributed by atoms with Crippen LogP contribution in [0, 0.1) is 11.6 Å². The summed E-state index contributed by atoms with van der Waals surface area (Å²) >= 11 is 7.17. The summed E-state index contributed by atoms with van der Waals surface area (Å²) in [6, 6.07) is 3.84. The van der Waals surface area contributed by atoms with Crippen LogP contribution in [0.15, 0.2) is 24.4 Å². The number of carbonyl (C=O) groups is 1. The highest BCUT2D eigenvalue weighted by atomic mass is 35.5. The maximum absolute atomic E-state index is 14.8. The molecule has 28 heavy (non-hydrogen) atoms. The van der Waals surface area contributed by atoms with Crippen molar-refractivity contribution >= 4 is 39.2 Å². The smallest absolute Gasteiger partial charge is 0.260 e. The number of hydrogen-bond acceptors (Lipinski definition) is 6. The first-order chi connectivity index (χ1) is 13.5. The number of pyridine rings is 1. The average Bonchev–Trinajstić information content (AvgIpc) is 3.10. The summed E-state index contributed by atoms with van der Waals surface area (Å²) in [6.45, 7) is 1.18. The average molecular weight is 426 g/mol. The topological polar surface area (TPSA) is 64.5 Å². The van der Waals surface area contributed by atoms with Crippen LogP contribution in [0.5, 0.6) is 5.75 Å². The molecule has 0 aliphatic carbocycles. The second kappa shape index (κ2) is 7.94. The minimum absolute atomic E-state index is 0.0492. The number of nitrogens with zero attached hydrogens (tertiary/aromatic N) is 3. The largest absolute Gasteiger partial charge is 0.483 e. The Labute approximate surface area is 167 Å². The van der Waals surface area contributed by atoms with E-state index >= 15 is 0 Å². The van der Waals surface area contributed by atoms with Crippen LogP contribution in [0.2, 0.25) is 5.02 Å². The summed E-state index contributed by atoms with van der Waals surface area (Å²) in [7, 11) is 0. The van der Waals surface area contributed by atoms with Gasteiger partial charge in [0.15, 0.2) is 11.6 Å². The third-order valence-corrected chi connectivity index (χ3v) is 5.34. The van der Waals surface area contributed by atoms with E-state index in [4.69, 9.17) is 21.1 Å². The van der Waals surface area contributed by atoms with Gasteiger partial charge in [0.05, 0.1) is 18.2 Å². The summed E-state index contributed by atoms with van der Waals surface area (Å²) in [6.07, 6.45) is 1.51. The third-order valence-electron chi connectivity index (χ3n) is 4.18. The molecule has 2 aromatic heterocycles. The van der Waals surface area contributed by atoms with Gasteiger partial charge in [0.25, 0.3) is 5.91 Å². The molecule has 0 unspecified atom stereocenters.